The molecule has 2 nitrogen and oxygen atoms in total. The molecule has 2 heterocycles. The van der Waals surface area contributed by atoms with Crippen LogP contribution in [0.25, 0.3) is 87.5 Å². The standard InChI is InChI=1S/C52H38N2S/c1-4-13-34(14-5-1)35-21-23-36(24-22-35)47-33-48(54-51(53-47)37-15-6-2-7-16-37)39-26-28-49-44(31-39)43-19-12-18-40(50(43)55-49)38-25-27-42-41-17-8-9-20-45(41)52(46(42)32-38)29-10-3-11-30-52/h1-2,4-9,12-28,31-33H,3,10-11,29-30H2. The van der Waals surface area contributed by atoms with Crippen LogP contribution in [0.4, 0.5) is 0 Å². The summed E-state index contributed by atoms with van der Waals surface area (Å²) in [5, 5.41) is 2.56. The van der Waals surface area contributed by atoms with Crippen LogP contribution in [0.3, 0.4) is 0 Å². The van der Waals surface area contributed by atoms with Crippen molar-refractivity contribution in [1.82, 2.24) is 9.97 Å². The molecule has 2 aromatic heterocycles. The summed E-state index contributed by atoms with van der Waals surface area (Å²) in [6.07, 6.45) is 6.42. The second-order valence-corrected chi connectivity index (χ2v) is 16.3. The van der Waals surface area contributed by atoms with Crippen molar-refractivity contribution in [2.75, 3.05) is 0 Å². The molecule has 55 heavy (non-hydrogen) atoms. The van der Waals surface area contributed by atoms with Crippen LogP contribution in [-0.4, -0.2) is 9.97 Å². The number of benzene rings is 7. The third-order valence-electron chi connectivity index (χ3n) is 12.1. The van der Waals surface area contributed by atoms with Gasteiger partial charge >= 0.3 is 0 Å². The highest BCUT2D eigenvalue weighted by Crippen LogP contribution is 2.56. The van der Waals surface area contributed by atoms with Crippen LogP contribution in [0.5, 0.6) is 0 Å². The van der Waals surface area contributed by atoms with Gasteiger partial charge in [0.2, 0.25) is 0 Å². The van der Waals surface area contributed by atoms with E-state index in [1.54, 1.807) is 5.56 Å². The fraction of sp³-hybridized carbons (Fsp3) is 0.115. The molecule has 1 spiro atoms. The van der Waals surface area contributed by atoms with Gasteiger partial charge in [-0.05, 0) is 81.6 Å². The molecule has 3 heteroatoms. The summed E-state index contributed by atoms with van der Waals surface area (Å²) in [5.74, 6) is 0.729. The SMILES string of the molecule is c1ccc(-c2ccc(-c3cc(-c4ccc5sc6c(-c7ccc8c(c7)C7(CCCCC7)c7ccccc7-8)cccc6c5c4)nc(-c4ccccc4)n3)cc2)cc1. The lowest BCUT2D eigenvalue weighted by molar-refractivity contribution is 0.353. The van der Waals surface area contributed by atoms with Gasteiger partial charge < -0.3 is 0 Å². The molecule has 0 aliphatic heterocycles. The zero-order chi connectivity index (χ0) is 36.3. The molecular weight excluding hydrogens is 685 g/mol. The van der Waals surface area contributed by atoms with Gasteiger partial charge in [0.1, 0.15) is 0 Å². The highest BCUT2D eigenvalue weighted by atomic mass is 32.1. The van der Waals surface area contributed by atoms with Crippen molar-refractivity contribution in [2.24, 2.45) is 0 Å². The summed E-state index contributed by atoms with van der Waals surface area (Å²) in [5.41, 5.74) is 16.1. The molecule has 2 aliphatic rings. The fourth-order valence-electron chi connectivity index (χ4n) is 9.43. The zero-order valence-electron chi connectivity index (χ0n) is 30.5. The Morgan fingerprint density at radius 2 is 1.02 bits per heavy atom. The second kappa shape index (κ2) is 13.0. The maximum absolute atomic E-state index is 5.19. The van der Waals surface area contributed by atoms with Crippen molar-refractivity contribution in [3.8, 4) is 67.3 Å². The van der Waals surface area contributed by atoms with E-state index in [2.05, 4.69) is 164 Å². The summed E-state index contributed by atoms with van der Waals surface area (Å²) < 4.78 is 2.63. The molecule has 0 atom stereocenters. The minimum absolute atomic E-state index is 0.141. The van der Waals surface area contributed by atoms with E-state index in [0.29, 0.717) is 0 Å². The topological polar surface area (TPSA) is 25.8 Å². The van der Waals surface area contributed by atoms with Gasteiger partial charge in [-0.3, -0.25) is 0 Å². The number of fused-ring (bicyclic) bond motifs is 8. The van der Waals surface area contributed by atoms with E-state index in [1.165, 1.54) is 91.2 Å². The third kappa shape index (κ3) is 5.37. The minimum Gasteiger partial charge on any atom is -0.228 e. The molecule has 262 valence electrons. The average Bonchev–Trinajstić information content (AvgIpc) is 3.77. The molecule has 0 radical (unpaired) electrons. The van der Waals surface area contributed by atoms with Crippen molar-refractivity contribution in [2.45, 2.75) is 37.5 Å². The van der Waals surface area contributed by atoms with Crippen LogP contribution >= 0.6 is 11.3 Å². The summed E-state index contributed by atoms with van der Waals surface area (Å²) in [7, 11) is 0. The van der Waals surface area contributed by atoms with Crippen LogP contribution in [0.1, 0.15) is 43.2 Å². The molecular formula is C52H38N2S. The van der Waals surface area contributed by atoms with Crippen molar-refractivity contribution >= 4 is 31.5 Å². The Bertz CT molecular complexity index is 2880. The summed E-state index contributed by atoms with van der Waals surface area (Å²) in [6.45, 7) is 0. The number of aromatic nitrogens is 2. The Kier molecular flexibility index (Phi) is 7.63. The first-order chi connectivity index (χ1) is 27.2. The maximum Gasteiger partial charge on any atom is 0.160 e. The molecule has 7 aromatic carbocycles. The number of hydrogen-bond acceptors (Lipinski definition) is 3. The van der Waals surface area contributed by atoms with Gasteiger partial charge in [-0.2, -0.15) is 0 Å². The predicted octanol–water partition coefficient (Wildman–Crippen LogP) is 14.4. The van der Waals surface area contributed by atoms with E-state index >= 15 is 0 Å². The monoisotopic (exact) mass is 722 g/mol. The van der Waals surface area contributed by atoms with E-state index < -0.39 is 0 Å². The number of rotatable bonds is 5. The highest BCUT2D eigenvalue weighted by Gasteiger charge is 2.43. The zero-order valence-corrected chi connectivity index (χ0v) is 31.3. The second-order valence-electron chi connectivity index (χ2n) is 15.2. The average molecular weight is 723 g/mol. The number of hydrogen-bond donors (Lipinski definition) is 0. The summed E-state index contributed by atoms with van der Waals surface area (Å²) in [6, 6.07) is 61.9. The molecule has 0 saturated heterocycles. The van der Waals surface area contributed by atoms with E-state index in [-0.39, 0.29) is 5.41 Å². The van der Waals surface area contributed by atoms with Crippen LogP contribution < -0.4 is 0 Å². The van der Waals surface area contributed by atoms with Crippen LogP contribution in [0.2, 0.25) is 0 Å². The van der Waals surface area contributed by atoms with Gasteiger partial charge in [0.15, 0.2) is 5.82 Å². The highest BCUT2D eigenvalue weighted by molar-refractivity contribution is 7.26. The first kappa shape index (κ1) is 32.3. The van der Waals surface area contributed by atoms with Gasteiger partial charge in [-0.1, -0.05) is 165 Å². The Labute approximate surface area is 325 Å². The van der Waals surface area contributed by atoms with E-state index in [4.69, 9.17) is 9.97 Å². The lowest BCUT2D eigenvalue weighted by Crippen LogP contribution is -2.28. The normalized spacial score (nSPS) is 14.3. The molecule has 9 aromatic rings. The molecule has 0 bridgehead atoms. The van der Waals surface area contributed by atoms with Gasteiger partial charge in [0.25, 0.3) is 0 Å². The number of nitrogens with zero attached hydrogens (tertiary/aromatic N) is 2. The first-order valence-corrected chi connectivity index (χ1v) is 20.3. The molecule has 0 amide bonds. The van der Waals surface area contributed by atoms with E-state index in [9.17, 15) is 0 Å². The maximum atomic E-state index is 5.19. The molecule has 1 saturated carbocycles. The Hall–Kier alpha value is -6.16. The van der Waals surface area contributed by atoms with Crippen molar-refractivity contribution in [3.05, 3.63) is 181 Å². The largest absolute Gasteiger partial charge is 0.228 e. The molecule has 0 N–H and O–H groups in total. The van der Waals surface area contributed by atoms with Crippen molar-refractivity contribution in [3.63, 3.8) is 0 Å². The smallest absolute Gasteiger partial charge is 0.160 e. The van der Waals surface area contributed by atoms with Crippen LogP contribution in [-0.2, 0) is 5.41 Å². The van der Waals surface area contributed by atoms with Crippen molar-refractivity contribution < 1.29 is 0 Å². The fourth-order valence-corrected chi connectivity index (χ4v) is 10.6. The van der Waals surface area contributed by atoms with Gasteiger partial charge in [0.05, 0.1) is 11.4 Å². The predicted molar refractivity (Wildman–Crippen MR) is 231 cm³/mol. The third-order valence-corrected chi connectivity index (χ3v) is 13.3. The number of thiophene rings is 1. The Morgan fingerprint density at radius 1 is 0.400 bits per heavy atom. The van der Waals surface area contributed by atoms with Crippen LogP contribution in [0.15, 0.2) is 170 Å². The van der Waals surface area contributed by atoms with Gasteiger partial charge in [-0.25, -0.2) is 9.97 Å². The molecule has 11 rings (SSSR count). The molecule has 1 fully saturated rings. The first-order valence-electron chi connectivity index (χ1n) is 19.5. The molecule has 0 unspecified atom stereocenters. The van der Waals surface area contributed by atoms with Gasteiger partial charge in [-0.15, -0.1) is 11.3 Å². The quantitative estimate of drug-likeness (QED) is 0.177. The minimum atomic E-state index is 0.141. The summed E-state index contributed by atoms with van der Waals surface area (Å²) in [4.78, 5) is 10.3. The lowest BCUT2D eigenvalue weighted by atomic mass is 9.67. The Balaban J connectivity index is 1.02. The van der Waals surface area contributed by atoms with E-state index in [0.717, 1.165) is 33.9 Å². The van der Waals surface area contributed by atoms with Crippen molar-refractivity contribution in [1.29, 1.82) is 0 Å². The van der Waals surface area contributed by atoms with E-state index in [1.807, 2.05) is 17.4 Å². The summed E-state index contributed by atoms with van der Waals surface area (Å²) >= 11 is 1.90. The Morgan fingerprint density at radius 3 is 1.82 bits per heavy atom. The molecule has 2 aliphatic carbocycles. The van der Waals surface area contributed by atoms with Crippen LogP contribution in [0, 0.1) is 0 Å². The lowest BCUT2D eigenvalue weighted by Gasteiger charge is -2.36. The van der Waals surface area contributed by atoms with Gasteiger partial charge in [0, 0.05) is 42.3 Å².